The van der Waals surface area contributed by atoms with E-state index in [0.29, 0.717) is 17.9 Å². The first kappa shape index (κ1) is 14.5. The minimum absolute atomic E-state index is 0.0168. The van der Waals surface area contributed by atoms with Crippen molar-refractivity contribution in [1.29, 1.82) is 0 Å². The normalized spacial score (nSPS) is 17.9. The highest BCUT2D eigenvalue weighted by molar-refractivity contribution is 6.30. The zero-order valence-electron chi connectivity index (χ0n) is 10.8. The molecule has 1 aliphatic carbocycles. The molecule has 0 aliphatic heterocycles. The molecule has 1 saturated carbocycles. The van der Waals surface area contributed by atoms with Gasteiger partial charge in [-0.15, -0.1) is 0 Å². The second-order valence-corrected chi connectivity index (χ2v) is 5.33. The topological polar surface area (TPSA) is 108 Å². The molecule has 0 atom stereocenters. The summed E-state index contributed by atoms with van der Waals surface area (Å²) in [6.07, 6.45) is 2.96. The van der Waals surface area contributed by atoms with E-state index in [4.69, 9.17) is 22.5 Å². The molecule has 108 valence electrons. The zero-order chi connectivity index (χ0) is 14.8. The highest BCUT2D eigenvalue weighted by Crippen LogP contribution is 2.31. The SMILES string of the molecule is N/C(=N/O)C1(NC(=O)c2ccc(Cl)cc2O)CCCC1. The fourth-order valence-corrected chi connectivity index (χ4v) is 2.67. The third-order valence-corrected chi connectivity index (χ3v) is 3.85. The van der Waals surface area contributed by atoms with Gasteiger partial charge in [0.05, 0.1) is 5.56 Å². The van der Waals surface area contributed by atoms with Crippen molar-refractivity contribution in [2.75, 3.05) is 0 Å². The number of amides is 1. The number of amidine groups is 1. The molecule has 6 nitrogen and oxygen atoms in total. The maximum Gasteiger partial charge on any atom is 0.255 e. The highest BCUT2D eigenvalue weighted by Gasteiger charge is 2.40. The van der Waals surface area contributed by atoms with E-state index in [0.717, 1.165) is 12.8 Å². The molecular formula is C13H16ClN3O3. The van der Waals surface area contributed by atoms with E-state index in [2.05, 4.69) is 10.5 Å². The summed E-state index contributed by atoms with van der Waals surface area (Å²) in [7, 11) is 0. The summed E-state index contributed by atoms with van der Waals surface area (Å²) in [5.41, 5.74) is 4.96. The first-order valence-electron chi connectivity index (χ1n) is 6.27. The Kier molecular flexibility index (Phi) is 4.04. The average molecular weight is 298 g/mol. The van der Waals surface area contributed by atoms with Crippen LogP contribution in [-0.4, -0.2) is 27.6 Å². The van der Waals surface area contributed by atoms with Crippen molar-refractivity contribution in [3.63, 3.8) is 0 Å². The summed E-state index contributed by atoms with van der Waals surface area (Å²) in [5.74, 6) is -0.702. The molecule has 0 radical (unpaired) electrons. The Bertz CT molecular complexity index is 554. The van der Waals surface area contributed by atoms with Crippen LogP contribution in [0.3, 0.4) is 0 Å². The molecule has 1 amide bonds. The quantitative estimate of drug-likeness (QED) is 0.295. The van der Waals surface area contributed by atoms with Crippen molar-refractivity contribution >= 4 is 23.3 Å². The van der Waals surface area contributed by atoms with Crippen molar-refractivity contribution in [2.24, 2.45) is 10.9 Å². The van der Waals surface area contributed by atoms with Crippen LogP contribution >= 0.6 is 11.6 Å². The molecule has 7 heteroatoms. The first-order valence-corrected chi connectivity index (χ1v) is 6.65. The number of hydrogen-bond donors (Lipinski definition) is 4. The lowest BCUT2D eigenvalue weighted by Gasteiger charge is -2.28. The number of nitrogens with two attached hydrogens (primary N) is 1. The number of oxime groups is 1. The predicted octanol–water partition coefficient (Wildman–Crippen LogP) is 1.83. The van der Waals surface area contributed by atoms with Gasteiger partial charge in [0.25, 0.3) is 5.91 Å². The zero-order valence-corrected chi connectivity index (χ0v) is 11.5. The van der Waals surface area contributed by atoms with Crippen LogP contribution in [0.15, 0.2) is 23.4 Å². The summed E-state index contributed by atoms with van der Waals surface area (Å²) in [6.45, 7) is 0. The van der Waals surface area contributed by atoms with Crippen LogP contribution in [0.1, 0.15) is 36.0 Å². The van der Waals surface area contributed by atoms with E-state index in [9.17, 15) is 9.90 Å². The van der Waals surface area contributed by atoms with Crippen molar-refractivity contribution < 1.29 is 15.1 Å². The Morgan fingerprint density at radius 3 is 2.60 bits per heavy atom. The van der Waals surface area contributed by atoms with Crippen molar-refractivity contribution in [3.8, 4) is 5.75 Å². The number of halogens is 1. The van der Waals surface area contributed by atoms with Gasteiger partial charge in [0.15, 0.2) is 5.84 Å². The molecule has 0 saturated heterocycles. The number of hydrogen-bond acceptors (Lipinski definition) is 4. The van der Waals surface area contributed by atoms with E-state index in [1.807, 2.05) is 0 Å². The van der Waals surface area contributed by atoms with Crippen LogP contribution < -0.4 is 11.1 Å². The summed E-state index contributed by atoms with van der Waals surface area (Å²) >= 11 is 5.73. The number of benzene rings is 1. The fraction of sp³-hybridized carbons (Fsp3) is 0.385. The lowest BCUT2D eigenvalue weighted by Crippen LogP contribution is -2.55. The van der Waals surface area contributed by atoms with Gasteiger partial charge in [0, 0.05) is 5.02 Å². The predicted molar refractivity (Wildman–Crippen MR) is 75.2 cm³/mol. The number of nitrogens with zero attached hydrogens (tertiary/aromatic N) is 1. The molecule has 0 unspecified atom stereocenters. The summed E-state index contributed by atoms with van der Waals surface area (Å²) < 4.78 is 0. The minimum atomic E-state index is -0.849. The lowest BCUT2D eigenvalue weighted by atomic mass is 9.95. The Labute approximate surface area is 121 Å². The van der Waals surface area contributed by atoms with E-state index < -0.39 is 11.4 Å². The van der Waals surface area contributed by atoms with E-state index in [1.165, 1.54) is 18.2 Å². The number of nitrogens with one attached hydrogen (secondary N) is 1. The third kappa shape index (κ3) is 2.65. The smallest absolute Gasteiger partial charge is 0.255 e. The molecule has 0 heterocycles. The summed E-state index contributed by atoms with van der Waals surface area (Å²) in [5, 5.41) is 24.8. The molecule has 1 aliphatic rings. The number of phenolic OH excluding ortho intramolecular Hbond substituents is 1. The van der Waals surface area contributed by atoms with Gasteiger partial charge in [0.2, 0.25) is 0 Å². The largest absolute Gasteiger partial charge is 0.507 e. The van der Waals surface area contributed by atoms with Crippen LogP contribution in [0, 0.1) is 0 Å². The maximum atomic E-state index is 12.3. The van der Waals surface area contributed by atoms with Gasteiger partial charge in [0.1, 0.15) is 11.3 Å². The molecule has 2 rings (SSSR count). The molecular weight excluding hydrogens is 282 g/mol. The monoisotopic (exact) mass is 297 g/mol. The van der Waals surface area contributed by atoms with E-state index in [-0.39, 0.29) is 17.1 Å². The Morgan fingerprint density at radius 2 is 2.05 bits per heavy atom. The molecule has 1 aromatic rings. The number of rotatable bonds is 3. The Balaban J connectivity index is 2.25. The van der Waals surface area contributed by atoms with Gasteiger partial charge in [-0.25, -0.2) is 0 Å². The molecule has 0 spiro atoms. The summed E-state index contributed by atoms with van der Waals surface area (Å²) in [4.78, 5) is 12.3. The first-order chi connectivity index (χ1) is 9.48. The van der Waals surface area contributed by atoms with Crippen molar-refractivity contribution in [2.45, 2.75) is 31.2 Å². The van der Waals surface area contributed by atoms with Crippen molar-refractivity contribution in [3.05, 3.63) is 28.8 Å². The molecule has 1 aromatic carbocycles. The number of aromatic hydroxyl groups is 1. The van der Waals surface area contributed by atoms with Gasteiger partial charge in [-0.1, -0.05) is 29.6 Å². The van der Waals surface area contributed by atoms with E-state index in [1.54, 1.807) is 0 Å². The molecule has 5 N–H and O–H groups in total. The van der Waals surface area contributed by atoms with Gasteiger partial charge in [-0.05, 0) is 31.0 Å². The van der Waals surface area contributed by atoms with Gasteiger partial charge < -0.3 is 21.4 Å². The molecule has 0 aromatic heterocycles. The third-order valence-electron chi connectivity index (χ3n) is 3.61. The van der Waals surface area contributed by atoms with Crippen molar-refractivity contribution in [1.82, 2.24) is 5.32 Å². The molecule has 20 heavy (non-hydrogen) atoms. The maximum absolute atomic E-state index is 12.3. The average Bonchev–Trinajstić information content (AvgIpc) is 2.87. The minimum Gasteiger partial charge on any atom is -0.507 e. The van der Waals surface area contributed by atoms with Crippen LogP contribution in [0.2, 0.25) is 5.02 Å². The van der Waals surface area contributed by atoms with Crippen LogP contribution in [0.4, 0.5) is 0 Å². The van der Waals surface area contributed by atoms with Crippen LogP contribution in [0.5, 0.6) is 5.75 Å². The highest BCUT2D eigenvalue weighted by atomic mass is 35.5. The van der Waals surface area contributed by atoms with Gasteiger partial charge in [-0.3, -0.25) is 4.79 Å². The van der Waals surface area contributed by atoms with Crippen LogP contribution in [0.25, 0.3) is 0 Å². The van der Waals surface area contributed by atoms with Crippen LogP contribution in [-0.2, 0) is 0 Å². The fourth-order valence-electron chi connectivity index (χ4n) is 2.50. The van der Waals surface area contributed by atoms with E-state index >= 15 is 0 Å². The Morgan fingerprint density at radius 1 is 1.40 bits per heavy atom. The number of carbonyl (C=O) groups excluding carboxylic acids is 1. The second-order valence-electron chi connectivity index (χ2n) is 4.89. The second kappa shape index (κ2) is 5.58. The number of carbonyl (C=O) groups is 1. The molecule has 0 bridgehead atoms. The lowest BCUT2D eigenvalue weighted by molar-refractivity contribution is 0.0920. The molecule has 1 fully saturated rings. The van der Waals surface area contributed by atoms with Gasteiger partial charge in [-0.2, -0.15) is 0 Å². The Hall–Kier alpha value is -1.95. The summed E-state index contributed by atoms with van der Waals surface area (Å²) in [6, 6.07) is 4.24. The number of phenols is 1. The van der Waals surface area contributed by atoms with Gasteiger partial charge >= 0.3 is 0 Å². The standard InChI is InChI=1S/C13H16ClN3O3/c14-8-3-4-9(10(18)7-8)11(19)16-13(12(15)17-20)5-1-2-6-13/h3-4,7,18,20H,1-2,5-6H2,(H2,15,17)(H,16,19).